The van der Waals surface area contributed by atoms with Crippen LogP contribution in [0.5, 0.6) is 0 Å². The van der Waals surface area contributed by atoms with Gasteiger partial charge in [0.15, 0.2) is 17.7 Å². The van der Waals surface area contributed by atoms with Gasteiger partial charge in [0.05, 0.1) is 12.9 Å². The van der Waals surface area contributed by atoms with Crippen molar-refractivity contribution in [1.29, 1.82) is 0 Å². The molecule has 28 heavy (non-hydrogen) atoms. The predicted molar refractivity (Wildman–Crippen MR) is 86.1 cm³/mol. The van der Waals surface area contributed by atoms with Gasteiger partial charge < -0.3 is 44.5 Å². The maximum Gasteiger partial charge on any atom is 1.00 e. The Bertz CT molecular complexity index is 938. The fourth-order valence-corrected chi connectivity index (χ4v) is 5.12. The van der Waals surface area contributed by atoms with Crippen LogP contribution in [-0.2, 0) is 18.4 Å². The number of aliphatic hydroxyl groups is 2. The van der Waals surface area contributed by atoms with Gasteiger partial charge in [-0.05, 0) is 0 Å². The molecule has 0 spiro atoms. The van der Waals surface area contributed by atoms with Gasteiger partial charge in [-0.3, -0.25) is 9.13 Å². The Morgan fingerprint density at radius 3 is 2.57 bits per heavy atom. The Kier molecular flexibility index (Phi) is 7.41. The van der Waals surface area contributed by atoms with Gasteiger partial charge in [0, 0.05) is 0 Å². The number of rotatable bonds is 6. The number of nitrogens with two attached hydrogens (primary N) is 1. The van der Waals surface area contributed by atoms with Gasteiger partial charge in [0.1, 0.15) is 43.7 Å². The monoisotopic (exact) mass is 447 g/mol. The number of aromatic nitrogens is 4. The molecule has 3 heterocycles. The van der Waals surface area contributed by atoms with Crippen LogP contribution in [0.3, 0.4) is 0 Å². The second-order valence-corrected chi connectivity index (χ2v) is 9.78. The summed E-state index contributed by atoms with van der Waals surface area (Å²) < 4.78 is 33.7. The summed E-state index contributed by atoms with van der Waals surface area (Å²) in [5.41, 5.74) is 6.15. The van der Waals surface area contributed by atoms with Crippen molar-refractivity contribution in [2.75, 3.05) is 18.2 Å². The van der Waals surface area contributed by atoms with Crippen LogP contribution in [0.15, 0.2) is 12.7 Å². The molecule has 0 aromatic carbocycles. The van der Waals surface area contributed by atoms with Crippen molar-refractivity contribution in [1.82, 2.24) is 19.5 Å². The van der Waals surface area contributed by atoms with Crippen molar-refractivity contribution in [3.63, 3.8) is 0 Å². The molecule has 0 amide bonds. The maximum atomic E-state index is 11.7. The number of ether oxygens (including phenoxy) is 1. The summed E-state index contributed by atoms with van der Waals surface area (Å²) in [6.07, 6.45) is -3.02. The zero-order valence-corrected chi connectivity index (χ0v) is 18.3. The number of aliphatic hydroxyl groups excluding tert-OH is 2. The first kappa shape index (κ1) is 23.8. The molecule has 2 aromatic heterocycles. The third kappa shape index (κ3) is 5.17. The summed E-state index contributed by atoms with van der Waals surface area (Å²) >= 11 is 0. The van der Waals surface area contributed by atoms with Crippen LogP contribution >= 0.6 is 15.2 Å². The van der Waals surface area contributed by atoms with Gasteiger partial charge in [-0.2, -0.15) is 0 Å². The molecular formula is C11H16N5NaO9P2. The van der Waals surface area contributed by atoms with Gasteiger partial charge in [-0.15, -0.1) is 0 Å². The van der Waals surface area contributed by atoms with Crippen molar-refractivity contribution in [2.24, 2.45) is 0 Å². The van der Waals surface area contributed by atoms with E-state index >= 15 is 0 Å². The van der Waals surface area contributed by atoms with E-state index in [9.17, 15) is 29.1 Å². The molecule has 1 saturated heterocycles. The molecule has 0 radical (unpaired) electrons. The van der Waals surface area contributed by atoms with Crippen molar-refractivity contribution in [2.45, 2.75) is 24.5 Å². The fourth-order valence-electron chi connectivity index (χ4n) is 2.61. The molecule has 1 fully saturated rings. The van der Waals surface area contributed by atoms with Crippen LogP contribution in [0.25, 0.3) is 11.2 Å². The van der Waals surface area contributed by atoms with Crippen LogP contribution in [0.2, 0.25) is 0 Å². The summed E-state index contributed by atoms with van der Waals surface area (Å²) in [6, 6.07) is 0. The summed E-state index contributed by atoms with van der Waals surface area (Å²) in [4.78, 5) is 40.6. The second kappa shape index (κ2) is 8.72. The Balaban J connectivity index is 0.00000280. The van der Waals surface area contributed by atoms with E-state index in [-0.39, 0.29) is 46.5 Å². The quantitative estimate of drug-likeness (QED) is 0.206. The normalized spacial score (nSPS) is 29.2. The number of hydrogen-bond donors (Lipinski definition) is 5. The molecule has 0 aliphatic carbocycles. The minimum absolute atomic E-state index is 0. The molecular weight excluding hydrogens is 431 g/mol. The molecule has 6 N–H and O–H groups in total. The van der Waals surface area contributed by atoms with E-state index in [0.29, 0.717) is 0 Å². The first-order chi connectivity index (χ1) is 12.5. The molecule has 150 valence electrons. The largest absolute Gasteiger partial charge is 1.00 e. The molecule has 2 unspecified atom stereocenters. The zero-order valence-electron chi connectivity index (χ0n) is 14.5. The van der Waals surface area contributed by atoms with Gasteiger partial charge in [0.25, 0.3) is 0 Å². The molecule has 0 bridgehead atoms. The third-order valence-corrected chi connectivity index (χ3v) is 7.21. The van der Waals surface area contributed by atoms with Crippen LogP contribution in [0.1, 0.15) is 6.23 Å². The third-order valence-electron chi connectivity index (χ3n) is 3.80. The number of nitrogen functional groups attached to an aromatic ring is 1. The number of nitrogens with zero attached hydrogens (tertiary/aromatic N) is 4. The Morgan fingerprint density at radius 1 is 1.25 bits per heavy atom. The Hall–Kier alpha value is -0.470. The van der Waals surface area contributed by atoms with Crippen LogP contribution in [0.4, 0.5) is 5.82 Å². The smallest absolute Gasteiger partial charge is 0.778 e. The SMILES string of the molecule is Nc1ncnc2c1ncn2[C@@H]1O[C@H](COP(=O)(O)CP(=O)([O-])O)[C@@H](O)[C@@H]1O.[Na+]. The summed E-state index contributed by atoms with van der Waals surface area (Å²) in [5.74, 6) is -1.39. The minimum Gasteiger partial charge on any atom is -0.778 e. The number of imidazole rings is 1. The predicted octanol–water partition coefficient (Wildman–Crippen LogP) is -5.26. The molecule has 2 aromatic rings. The van der Waals surface area contributed by atoms with Gasteiger partial charge in [-0.25, -0.2) is 15.0 Å². The zero-order chi connectivity index (χ0) is 20.0. The minimum atomic E-state index is -5.04. The molecule has 1 aliphatic rings. The van der Waals surface area contributed by atoms with Gasteiger partial charge in [0.2, 0.25) is 0 Å². The topological polar surface area (TPSA) is 226 Å². The maximum absolute atomic E-state index is 11.7. The van der Waals surface area contributed by atoms with E-state index < -0.39 is 52.2 Å². The standard InChI is InChI=1S/C11H17N5O9P2.Na/c12-9-6-10(14-2-13-9)16(3-15-6)11-8(18)7(17)5(25-11)1-24-27(22,23)4-26(19,20)21;/h2-3,5,7-8,11,17-18H,1,4H2,(H,22,23)(H2,12,13,14)(H2,19,20,21);/q;+1/p-1/t5-,7-,8+,11-;/m1./s1. The van der Waals surface area contributed by atoms with Gasteiger partial charge in [-0.1, -0.05) is 0 Å². The molecule has 14 nitrogen and oxygen atoms in total. The van der Waals surface area contributed by atoms with Crippen molar-refractivity contribution < 1.29 is 72.8 Å². The van der Waals surface area contributed by atoms with Gasteiger partial charge >= 0.3 is 37.2 Å². The molecule has 3 rings (SSSR count). The Labute approximate surface area is 179 Å². The van der Waals surface area contributed by atoms with E-state index in [1.807, 2.05) is 0 Å². The Morgan fingerprint density at radius 2 is 1.93 bits per heavy atom. The van der Waals surface area contributed by atoms with Crippen molar-refractivity contribution in [3.8, 4) is 0 Å². The first-order valence-corrected chi connectivity index (χ1v) is 10.9. The van der Waals surface area contributed by atoms with Crippen molar-refractivity contribution >= 4 is 32.2 Å². The molecule has 1 aliphatic heterocycles. The summed E-state index contributed by atoms with van der Waals surface area (Å²) in [5, 5.41) is 20.3. The van der Waals surface area contributed by atoms with E-state index in [2.05, 4.69) is 19.5 Å². The molecule has 17 heteroatoms. The van der Waals surface area contributed by atoms with Crippen LogP contribution < -0.4 is 40.2 Å². The van der Waals surface area contributed by atoms with E-state index in [0.717, 1.165) is 0 Å². The second-order valence-electron chi connectivity index (χ2n) is 5.84. The molecule has 6 atom stereocenters. The molecule has 0 saturated carbocycles. The summed E-state index contributed by atoms with van der Waals surface area (Å²) in [7, 11) is -9.73. The number of anilines is 1. The first-order valence-electron chi connectivity index (χ1n) is 7.42. The fraction of sp³-hybridized carbons (Fsp3) is 0.545. The van der Waals surface area contributed by atoms with E-state index in [4.69, 9.17) is 15.4 Å². The average Bonchev–Trinajstić information content (AvgIpc) is 3.07. The van der Waals surface area contributed by atoms with E-state index in [1.54, 1.807) is 0 Å². The van der Waals surface area contributed by atoms with Crippen LogP contribution in [-0.4, -0.2) is 70.3 Å². The van der Waals surface area contributed by atoms with E-state index in [1.165, 1.54) is 17.2 Å². The average molecular weight is 447 g/mol. The van der Waals surface area contributed by atoms with Crippen molar-refractivity contribution in [3.05, 3.63) is 12.7 Å². The number of fused-ring (bicyclic) bond motifs is 1. The van der Waals surface area contributed by atoms with Crippen LogP contribution in [0, 0.1) is 0 Å². The summed E-state index contributed by atoms with van der Waals surface area (Å²) in [6.45, 7) is -0.716. The number of hydrogen-bond acceptors (Lipinski definition) is 11.